The van der Waals surface area contributed by atoms with E-state index in [0.29, 0.717) is 0 Å². The SMILES string of the molecule is C1=CC(N(c2ccc3c(c2)c2ccccc2n3-c2ccccc2)c2ccc3c(c2)c2cc(N(c4ccccc4)c4ccc5c(c4)c4c(n5-c5ccccc5)CCC=C4)ccc2n3-c2ccccc2)=CCC1. The van der Waals surface area contributed by atoms with Crippen LogP contribution in [0.5, 0.6) is 0 Å². The number of para-hydroxylation sites is 5. The summed E-state index contributed by atoms with van der Waals surface area (Å²) in [6.07, 6.45) is 15.7. The Morgan fingerprint density at radius 1 is 0.310 bits per heavy atom. The van der Waals surface area contributed by atoms with Gasteiger partial charge in [0.05, 0.1) is 27.6 Å². The molecule has 2 aliphatic carbocycles. The van der Waals surface area contributed by atoms with Crippen molar-refractivity contribution < 1.29 is 0 Å². The largest absolute Gasteiger partial charge is 0.313 e. The molecular weight excluding hydrogens is 863 g/mol. The molecule has 3 heterocycles. The van der Waals surface area contributed by atoms with Gasteiger partial charge in [0.15, 0.2) is 0 Å². The summed E-state index contributed by atoms with van der Waals surface area (Å²) in [7, 11) is 0. The summed E-state index contributed by atoms with van der Waals surface area (Å²) in [6, 6.07) is 80.1. The molecule has 0 unspecified atom stereocenters. The van der Waals surface area contributed by atoms with Crippen LogP contribution in [0, 0.1) is 0 Å². The van der Waals surface area contributed by atoms with Gasteiger partial charge in [-0.3, -0.25) is 0 Å². The highest BCUT2D eigenvalue weighted by Crippen LogP contribution is 2.45. The van der Waals surface area contributed by atoms with Gasteiger partial charge in [0.2, 0.25) is 0 Å². The number of allylic oxidation sites excluding steroid dienone is 4. The maximum absolute atomic E-state index is 2.47. The fourth-order valence-corrected chi connectivity index (χ4v) is 11.5. The van der Waals surface area contributed by atoms with E-state index in [1.807, 2.05) is 0 Å². The molecule has 0 bridgehead atoms. The van der Waals surface area contributed by atoms with Crippen LogP contribution in [0.1, 0.15) is 30.5 Å². The van der Waals surface area contributed by atoms with Crippen molar-refractivity contribution in [2.75, 3.05) is 9.80 Å². The van der Waals surface area contributed by atoms with Gasteiger partial charge in [0.25, 0.3) is 0 Å². The predicted octanol–water partition coefficient (Wildman–Crippen LogP) is 17.6. The third kappa shape index (κ3) is 6.76. The number of nitrogens with zero attached hydrogens (tertiary/aromatic N) is 5. The molecule has 0 saturated carbocycles. The average molecular weight is 912 g/mol. The minimum Gasteiger partial charge on any atom is -0.313 e. The summed E-state index contributed by atoms with van der Waals surface area (Å²) >= 11 is 0. The predicted molar refractivity (Wildman–Crippen MR) is 299 cm³/mol. The van der Waals surface area contributed by atoms with Crippen molar-refractivity contribution in [3.05, 3.63) is 260 Å². The smallest absolute Gasteiger partial charge is 0.0542 e. The number of aromatic nitrogens is 3. The molecule has 9 aromatic carbocycles. The Bertz CT molecular complexity index is 4100. The van der Waals surface area contributed by atoms with E-state index in [2.05, 4.69) is 272 Å². The number of hydrogen-bond acceptors (Lipinski definition) is 2. The van der Waals surface area contributed by atoms with Crippen LogP contribution in [0.2, 0.25) is 0 Å². The molecule has 0 N–H and O–H groups in total. The first kappa shape index (κ1) is 41.0. The van der Waals surface area contributed by atoms with E-state index in [-0.39, 0.29) is 0 Å². The lowest BCUT2D eigenvalue weighted by atomic mass is 10.0. The monoisotopic (exact) mass is 911 g/mol. The molecule has 0 spiro atoms. The lowest BCUT2D eigenvalue weighted by Crippen LogP contribution is -2.16. The van der Waals surface area contributed by atoms with Crippen LogP contribution in [0.3, 0.4) is 0 Å². The first-order valence-electron chi connectivity index (χ1n) is 24.9. The first-order valence-corrected chi connectivity index (χ1v) is 24.9. The number of rotatable bonds is 9. The van der Waals surface area contributed by atoms with Gasteiger partial charge < -0.3 is 23.5 Å². The zero-order valence-electron chi connectivity index (χ0n) is 39.2. The van der Waals surface area contributed by atoms with Crippen LogP contribution >= 0.6 is 0 Å². The molecule has 0 fully saturated rings. The Morgan fingerprint density at radius 2 is 0.746 bits per heavy atom. The Balaban J connectivity index is 0.970. The number of benzene rings is 9. The minimum absolute atomic E-state index is 0.994. The second-order valence-corrected chi connectivity index (χ2v) is 18.8. The zero-order valence-corrected chi connectivity index (χ0v) is 39.2. The maximum Gasteiger partial charge on any atom is 0.0542 e. The van der Waals surface area contributed by atoms with E-state index in [0.717, 1.165) is 76.5 Å². The quantitative estimate of drug-likeness (QED) is 0.144. The molecule has 0 saturated heterocycles. The lowest BCUT2D eigenvalue weighted by Gasteiger charge is -2.28. The first-order chi connectivity index (χ1) is 35.2. The fourth-order valence-electron chi connectivity index (χ4n) is 11.5. The topological polar surface area (TPSA) is 21.3 Å². The van der Waals surface area contributed by atoms with E-state index in [4.69, 9.17) is 0 Å². The molecule has 71 heavy (non-hydrogen) atoms. The molecule has 3 aromatic heterocycles. The van der Waals surface area contributed by atoms with Crippen LogP contribution in [0.15, 0.2) is 248 Å². The standard InChI is InChI=1S/C66H49N5/c1-6-20-46(21-7-1)67(51-34-38-63-57(42-51)55-30-16-18-32-61(55)69(63)48-24-10-3-11-25-48)53-36-40-65-59(44-53)60-45-54(37-41-66(60)71(65)50-28-14-5-15-29-50)68(47-22-8-2-9-23-47)52-35-39-64-58(43-52)56-31-17-19-33-62(56)70(64)49-26-12-4-13-27-49/h1,3-8,10-17,19-31,33-45H,2,9,18,32H2. The summed E-state index contributed by atoms with van der Waals surface area (Å²) in [4.78, 5) is 4.89. The third-order valence-corrected chi connectivity index (χ3v) is 14.6. The van der Waals surface area contributed by atoms with Crippen molar-refractivity contribution in [1.82, 2.24) is 13.7 Å². The molecule has 0 radical (unpaired) electrons. The molecule has 14 rings (SSSR count). The van der Waals surface area contributed by atoms with Crippen LogP contribution in [0.4, 0.5) is 28.4 Å². The molecule has 2 aliphatic rings. The second-order valence-electron chi connectivity index (χ2n) is 18.8. The van der Waals surface area contributed by atoms with Gasteiger partial charge in [0, 0.05) is 89.4 Å². The Kier molecular flexibility index (Phi) is 9.73. The Hall–Kier alpha value is -9.06. The van der Waals surface area contributed by atoms with Crippen molar-refractivity contribution in [3.63, 3.8) is 0 Å². The van der Waals surface area contributed by atoms with Crippen LogP contribution in [-0.2, 0) is 6.42 Å². The zero-order chi connectivity index (χ0) is 46.8. The van der Waals surface area contributed by atoms with Gasteiger partial charge in [-0.05, 0) is 159 Å². The van der Waals surface area contributed by atoms with E-state index in [9.17, 15) is 0 Å². The highest BCUT2D eigenvalue weighted by molar-refractivity contribution is 6.13. The minimum atomic E-state index is 0.994. The molecule has 0 atom stereocenters. The number of hydrogen-bond donors (Lipinski definition) is 0. The van der Waals surface area contributed by atoms with Gasteiger partial charge >= 0.3 is 0 Å². The van der Waals surface area contributed by atoms with Gasteiger partial charge in [-0.15, -0.1) is 0 Å². The van der Waals surface area contributed by atoms with E-state index >= 15 is 0 Å². The normalized spacial score (nSPS) is 13.4. The molecular formula is C66H49N5. The fraction of sp³-hybridized carbons (Fsp3) is 0.0606. The van der Waals surface area contributed by atoms with E-state index in [1.54, 1.807) is 0 Å². The summed E-state index contributed by atoms with van der Waals surface area (Å²) in [5.41, 5.74) is 18.9. The number of fused-ring (bicyclic) bond motifs is 9. The van der Waals surface area contributed by atoms with Crippen LogP contribution < -0.4 is 9.80 Å². The van der Waals surface area contributed by atoms with Crippen molar-refractivity contribution in [3.8, 4) is 17.1 Å². The molecule has 5 heteroatoms. The summed E-state index contributed by atoms with van der Waals surface area (Å²) in [6.45, 7) is 0. The Labute approximate surface area is 413 Å². The van der Waals surface area contributed by atoms with Crippen molar-refractivity contribution in [1.29, 1.82) is 0 Å². The maximum atomic E-state index is 2.47. The van der Waals surface area contributed by atoms with E-state index in [1.165, 1.54) is 66.1 Å². The van der Waals surface area contributed by atoms with Gasteiger partial charge in [-0.2, -0.15) is 0 Å². The summed E-state index contributed by atoms with van der Waals surface area (Å²) in [5, 5.41) is 6.11. The second kappa shape index (κ2) is 16.9. The van der Waals surface area contributed by atoms with Crippen LogP contribution in [0.25, 0.3) is 77.7 Å². The lowest BCUT2D eigenvalue weighted by molar-refractivity contribution is 0.888. The molecule has 5 nitrogen and oxygen atoms in total. The molecule has 0 amide bonds. The highest BCUT2D eigenvalue weighted by Gasteiger charge is 2.24. The number of anilines is 5. The van der Waals surface area contributed by atoms with Gasteiger partial charge in [-0.1, -0.05) is 115 Å². The Morgan fingerprint density at radius 3 is 1.30 bits per heavy atom. The highest BCUT2D eigenvalue weighted by atomic mass is 15.2. The van der Waals surface area contributed by atoms with E-state index < -0.39 is 0 Å². The van der Waals surface area contributed by atoms with Gasteiger partial charge in [-0.25, -0.2) is 0 Å². The van der Waals surface area contributed by atoms with Crippen molar-refractivity contribution in [2.45, 2.75) is 25.7 Å². The van der Waals surface area contributed by atoms with Crippen molar-refractivity contribution in [2.24, 2.45) is 0 Å². The summed E-state index contributed by atoms with van der Waals surface area (Å²) < 4.78 is 7.29. The average Bonchev–Trinajstić information content (AvgIpc) is 4.07. The van der Waals surface area contributed by atoms with Crippen LogP contribution in [-0.4, -0.2) is 13.7 Å². The molecule has 0 aliphatic heterocycles. The molecule has 338 valence electrons. The van der Waals surface area contributed by atoms with Crippen molar-refractivity contribution >= 4 is 89.0 Å². The molecule has 12 aromatic rings. The third-order valence-electron chi connectivity index (χ3n) is 14.6. The van der Waals surface area contributed by atoms with Gasteiger partial charge in [0.1, 0.15) is 0 Å². The summed E-state index contributed by atoms with van der Waals surface area (Å²) in [5.74, 6) is 0.